The lowest BCUT2D eigenvalue weighted by atomic mass is 9.89. The van der Waals surface area contributed by atoms with Gasteiger partial charge >= 0.3 is 0 Å². The van der Waals surface area contributed by atoms with Crippen molar-refractivity contribution in [2.75, 3.05) is 6.61 Å². The van der Waals surface area contributed by atoms with Crippen molar-refractivity contribution in [3.05, 3.63) is 53.3 Å². The Morgan fingerprint density at radius 2 is 1.68 bits per heavy atom. The highest BCUT2D eigenvalue weighted by atomic mass is 19.2. The molecule has 184 valence electrons. The summed E-state index contributed by atoms with van der Waals surface area (Å²) in [5, 5.41) is 43.2. The Morgan fingerprint density at radius 1 is 1.03 bits per heavy atom. The molecule has 1 saturated heterocycles. The molecule has 34 heavy (non-hydrogen) atoms. The first-order valence-electron chi connectivity index (χ1n) is 10.6. The molecule has 2 aromatic heterocycles. The Morgan fingerprint density at radius 3 is 2.26 bits per heavy atom. The highest BCUT2D eigenvalue weighted by molar-refractivity contribution is 5.57. The van der Waals surface area contributed by atoms with Gasteiger partial charge in [0.15, 0.2) is 17.5 Å². The van der Waals surface area contributed by atoms with Crippen molar-refractivity contribution in [3.8, 4) is 11.3 Å². The minimum absolute atomic E-state index is 0.00731. The molecule has 1 aliphatic rings. The Labute approximate surface area is 192 Å². The van der Waals surface area contributed by atoms with Crippen molar-refractivity contribution in [2.45, 2.75) is 63.1 Å². The Hall–Kier alpha value is -2.80. The largest absolute Gasteiger partial charge is 0.394 e. The number of ether oxygens (including phenoxy) is 1. The summed E-state index contributed by atoms with van der Waals surface area (Å²) >= 11 is 0. The van der Waals surface area contributed by atoms with Crippen molar-refractivity contribution in [1.82, 2.24) is 20.2 Å². The van der Waals surface area contributed by atoms with E-state index in [-0.39, 0.29) is 23.1 Å². The number of nitrogens with zero attached hydrogens (tertiary/aromatic N) is 4. The van der Waals surface area contributed by atoms with Gasteiger partial charge in [0.2, 0.25) is 0 Å². The molecule has 0 radical (unpaired) electrons. The van der Waals surface area contributed by atoms with Gasteiger partial charge in [0.1, 0.15) is 35.8 Å². The quantitative estimate of drug-likeness (QED) is 0.471. The monoisotopic (exact) mass is 482 g/mol. The molecule has 0 aliphatic carbocycles. The average molecular weight is 482 g/mol. The van der Waals surface area contributed by atoms with Crippen molar-refractivity contribution < 1.29 is 37.8 Å². The molecule has 12 heteroatoms. The molecular weight excluding hydrogens is 457 g/mol. The molecule has 3 heterocycles. The van der Waals surface area contributed by atoms with Crippen LogP contribution in [0.2, 0.25) is 0 Å². The van der Waals surface area contributed by atoms with E-state index in [1.165, 1.54) is 6.20 Å². The third-order valence-electron chi connectivity index (χ3n) is 5.79. The summed E-state index contributed by atoms with van der Waals surface area (Å²) in [7, 11) is 0. The molecule has 3 aromatic rings. The molecular formula is C22H25F3N4O5. The van der Waals surface area contributed by atoms with Gasteiger partial charge in [0.25, 0.3) is 0 Å². The number of aliphatic hydroxyl groups is 3. The maximum atomic E-state index is 13.6. The van der Waals surface area contributed by atoms with Crippen LogP contribution in [0, 0.1) is 17.5 Å². The lowest BCUT2D eigenvalue weighted by Crippen LogP contribution is -2.56. The van der Waals surface area contributed by atoms with Gasteiger partial charge in [-0.2, -0.15) is 0 Å². The average Bonchev–Trinajstić information content (AvgIpc) is 3.44. The predicted molar refractivity (Wildman–Crippen MR) is 111 cm³/mol. The molecule has 0 bridgehead atoms. The van der Waals surface area contributed by atoms with Crippen LogP contribution < -0.4 is 0 Å². The van der Waals surface area contributed by atoms with Gasteiger partial charge < -0.3 is 24.6 Å². The van der Waals surface area contributed by atoms with Crippen molar-refractivity contribution in [2.24, 2.45) is 0 Å². The number of halogens is 3. The van der Waals surface area contributed by atoms with Gasteiger partial charge in [-0.1, -0.05) is 31.1 Å². The fourth-order valence-electron chi connectivity index (χ4n) is 3.89. The number of hydrogen-bond donors (Lipinski definition) is 3. The van der Waals surface area contributed by atoms with E-state index in [1.54, 1.807) is 6.07 Å². The highest BCUT2D eigenvalue weighted by Gasteiger charge is 2.46. The third kappa shape index (κ3) is 4.58. The van der Waals surface area contributed by atoms with Gasteiger partial charge in [0.05, 0.1) is 24.6 Å². The smallest absolute Gasteiger partial charge is 0.194 e. The summed E-state index contributed by atoms with van der Waals surface area (Å²) in [5.74, 6) is -3.75. The van der Waals surface area contributed by atoms with Gasteiger partial charge in [-0.05, 0) is 12.1 Å². The maximum Gasteiger partial charge on any atom is 0.194 e. The standard InChI is InChI=1S/C22H25F3N4O5/c1-22(2,3)17-7-11(27-34-17)6-15-20(31)19(21(32)16(9-30)33-15)29-8-14(26-28-29)10-4-12(23)18(25)13(24)5-10/h4-5,7-8,15-16,19-21,30-32H,6,9H2,1-3H3/t15-,16-,19-,20+,21+/m1/s1. The van der Waals surface area contributed by atoms with Crippen LogP contribution in [0.15, 0.2) is 28.9 Å². The summed E-state index contributed by atoms with van der Waals surface area (Å²) in [6.07, 6.45) is -3.26. The molecule has 1 aliphatic heterocycles. The van der Waals surface area contributed by atoms with Gasteiger partial charge in [-0.3, -0.25) is 0 Å². The van der Waals surface area contributed by atoms with Crippen LogP contribution in [0.4, 0.5) is 13.2 Å². The van der Waals surface area contributed by atoms with Crippen LogP contribution in [0.25, 0.3) is 11.3 Å². The fourth-order valence-corrected chi connectivity index (χ4v) is 3.89. The zero-order valence-electron chi connectivity index (χ0n) is 18.7. The number of rotatable bonds is 5. The topological polar surface area (TPSA) is 127 Å². The lowest BCUT2D eigenvalue weighted by molar-refractivity contribution is -0.205. The minimum atomic E-state index is -1.61. The van der Waals surface area contributed by atoms with Gasteiger partial charge in [-0.25, -0.2) is 17.9 Å². The van der Waals surface area contributed by atoms with Crippen LogP contribution in [0.5, 0.6) is 0 Å². The second-order valence-electron chi connectivity index (χ2n) is 9.34. The van der Waals surface area contributed by atoms with E-state index in [2.05, 4.69) is 15.5 Å². The molecule has 3 N–H and O–H groups in total. The molecule has 1 aromatic carbocycles. The van der Waals surface area contributed by atoms with Gasteiger partial charge in [0, 0.05) is 23.5 Å². The van der Waals surface area contributed by atoms with E-state index < -0.39 is 54.5 Å². The lowest BCUT2D eigenvalue weighted by Gasteiger charge is -2.42. The zero-order valence-corrected chi connectivity index (χ0v) is 18.7. The van der Waals surface area contributed by atoms with Gasteiger partial charge in [-0.15, -0.1) is 5.10 Å². The first-order chi connectivity index (χ1) is 16.0. The minimum Gasteiger partial charge on any atom is -0.394 e. The molecule has 5 atom stereocenters. The Balaban J connectivity index is 1.61. The van der Waals surface area contributed by atoms with Crippen molar-refractivity contribution >= 4 is 0 Å². The summed E-state index contributed by atoms with van der Waals surface area (Å²) in [5.41, 5.74) is 0.149. The van der Waals surface area contributed by atoms with E-state index in [1.807, 2.05) is 20.8 Å². The molecule has 0 saturated carbocycles. The molecule has 0 amide bonds. The third-order valence-corrected chi connectivity index (χ3v) is 5.79. The number of aliphatic hydroxyl groups excluding tert-OH is 3. The van der Waals surface area contributed by atoms with Crippen LogP contribution in [0.1, 0.15) is 38.3 Å². The number of hydrogen-bond acceptors (Lipinski definition) is 8. The fraction of sp³-hybridized carbons (Fsp3) is 0.500. The normalized spacial score (nSPS) is 25.6. The van der Waals surface area contributed by atoms with Crippen LogP contribution in [-0.4, -0.2) is 66.5 Å². The van der Waals surface area contributed by atoms with Crippen molar-refractivity contribution in [1.29, 1.82) is 0 Å². The Kier molecular flexibility index (Phi) is 6.51. The molecule has 0 spiro atoms. The first kappa shape index (κ1) is 24.3. The summed E-state index contributed by atoms with van der Waals surface area (Å²) in [4.78, 5) is 0. The van der Waals surface area contributed by atoms with E-state index >= 15 is 0 Å². The first-order valence-corrected chi connectivity index (χ1v) is 10.6. The highest BCUT2D eigenvalue weighted by Crippen LogP contribution is 2.33. The second kappa shape index (κ2) is 9.10. The summed E-state index contributed by atoms with van der Waals surface area (Å²) in [6.45, 7) is 5.33. The maximum absolute atomic E-state index is 13.6. The zero-order chi connectivity index (χ0) is 24.8. The molecule has 0 unspecified atom stereocenters. The van der Waals surface area contributed by atoms with E-state index in [4.69, 9.17) is 9.26 Å². The number of benzene rings is 1. The molecule has 1 fully saturated rings. The van der Waals surface area contributed by atoms with E-state index in [0.29, 0.717) is 11.5 Å². The van der Waals surface area contributed by atoms with Crippen LogP contribution in [-0.2, 0) is 16.6 Å². The predicted octanol–water partition coefficient (Wildman–Crippen LogP) is 1.91. The second-order valence-corrected chi connectivity index (χ2v) is 9.34. The van der Waals surface area contributed by atoms with Crippen LogP contribution >= 0.6 is 0 Å². The summed E-state index contributed by atoms with van der Waals surface area (Å²) < 4.78 is 52.8. The van der Waals surface area contributed by atoms with Crippen LogP contribution in [0.3, 0.4) is 0 Å². The molecule has 4 rings (SSSR count). The van der Waals surface area contributed by atoms with E-state index in [0.717, 1.165) is 16.8 Å². The summed E-state index contributed by atoms with van der Waals surface area (Å²) in [6, 6.07) is 2.16. The van der Waals surface area contributed by atoms with Crippen molar-refractivity contribution in [3.63, 3.8) is 0 Å². The Bertz CT molecular complexity index is 1140. The van der Waals surface area contributed by atoms with E-state index in [9.17, 15) is 28.5 Å². The SMILES string of the molecule is CC(C)(C)c1cc(C[C@H]2O[C@H](CO)[C@H](O)[C@H](n3cc(-c4cc(F)c(F)c(F)c4)nn3)[C@H]2O)no1. The molecule has 9 nitrogen and oxygen atoms in total. The number of aromatic nitrogens is 4.